The lowest BCUT2D eigenvalue weighted by Crippen LogP contribution is -2.23. The van der Waals surface area contributed by atoms with Crippen molar-refractivity contribution in [2.75, 3.05) is 0 Å². The third kappa shape index (κ3) is 3.63. The molecule has 5 aromatic rings. The zero-order valence-corrected chi connectivity index (χ0v) is 17.8. The standard InChI is InChI=1S/C24H18ClN5O2/c1-14-4-2-6-16(10-14)21-22-27-24(32)19-9-8-17(12-20(19)30(22)29-28-21)23(31)26-13-15-5-3-7-18(25)11-15/h2-12,29H,13H2,1H3,(H,26,31). The van der Waals surface area contributed by atoms with E-state index in [1.165, 1.54) is 0 Å². The minimum Gasteiger partial charge on any atom is -0.348 e. The molecule has 0 saturated heterocycles. The Balaban J connectivity index is 1.54. The van der Waals surface area contributed by atoms with E-state index in [0.717, 1.165) is 16.7 Å². The summed E-state index contributed by atoms with van der Waals surface area (Å²) >= 11 is 6.01. The van der Waals surface area contributed by atoms with Crippen LogP contribution in [-0.2, 0) is 6.54 Å². The molecule has 0 saturated carbocycles. The molecule has 0 fully saturated rings. The van der Waals surface area contributed by atoms with Crippen molar-refractivity contribution in [2.45, 2.75) is 13.5 Å². The van der Waals surface area contributed by atoms with Crippen LogP contribution >= 0.6 is 11.6 Å². The van der Waals surface area contributed by atoms with Crippen LogP contribution in [0.5, 0.6) is 0 Å². The molecule has 0 unspecified atom stereocenters. The number of aryl methyl sites for hydroxylation is 1. The zero-order valence-electron chi connectivity index (χ0n) is 17.1. The number of hydrogen-bond acceptors (Lipinski definition) is 4. The number of carbonyl (C=O) groups is 1. The highest BCUT2D eigenvalue weighted by Gasteiger charge is 2.16. The number of H-pyrrole nitrogens is 1. The zero-order chi connectivity index (χ0) is 22.2. The number of hydrogen-bond donors (Lipinski definition) is 2. The number of rotatable bonds is 4. The molecule has 0 aliphatic rings. The van der Waals surface area contributed by atoms with E-state index in [-0.39, 0.29) is 11.5 Å². The number of fused-ring (bicyclic) bond motifs is 3. The average molecular weight is 444 g/mol. The Hall–Kier alpha value is -3.97. The minimum atomic E-state index is -0.374. The lowest BCUT2D eigenvalue weighted by Gasteiger charge is -2.07. The second-order valence-corrected chi connectivity index (χ2v) is 7.99. The Kier molecular flexibility index (Phi) is 4.95. The molecule has 0 spiro atoms. The van der Waals surface area contributed by atoms with Crippen molar-refractivity contribution in [3.8, 4) is 11.3 Å². The molecule has 7 nitrogen and oxygen atoms in total. The molecule has 0 aliphatic carbocycles. The van der Waals surface area contributed by atoms with E-state index in [4.69, 9.17) is 11.6 Å². The van der Waals surface area contributed by atoms with Gasteiger partial charge in [0, 0.05) is 22.7 Å². The van der Waals surface area contributed by atoms with Crippen molar-refractivity contribution in [1.29, 1.82) is 0 Å². The van der Waals surface area contributed by atoms with E-state index in [1.54, 1.807) is 34.8 Å². The van der Waals surface area contributed by atoms with Gasteiger partial charge in [0.15, 0.2) is 5.65 Å². The predicted octanol–water partition coefficient (Wildman–Crippen LogP) is 4.13. The summed E-state index contributed by atoms with van der Waals surface area (Å²) in [6.45, 7) is 2.33. The number of amides is 1. The summed E-state index contributed by atoms with van der Waals surface area (Å²) in [6, 6.07) is 20.0. The molecule has 8 heteroatoms. The molecule has 0 atom stereocenters. The molecule has 2 heterocycles. The lowest BCUT2D eigenvalue weighted by molar-refractivity contribution is 0.0951. The highest BCUT2D eigenvalue weighted by atomic mass is 35.5. The molecule has 0 aliphatic heterocycles. The first-order valence-electron chi connectivity index (χ1n) is 10.0. The smallest absolute Gasteiger partial charge is 0.281 e. The first-order valence-corrected chi connectivity index (χ1v) is 10.4. The summed E-state index contributed by atoms with van der Waals surface area (Å²) in [7, 11) is 0. The van der Waals surface area contributed by atoms with E-state index >= 15 is 0 Å². The fourth-order valence-electron chi connectivity index (χ4n) is 3.69. The van der Waals surface area contributed by atoms with Gasteiger partial charge >= 0.3 is 0 Å². The predicted molar refractivity (Wildman–Crippen MR) is 124 cm³/mol. The topological polar surface area (TPSA) is 92.2 Å². The van der Waals surface area contributed by atoms with Crippen LogP contribution in [0.2, 0.25) is 5.02 Å². The van der Waals surface area contributed by atoms with Crippen molar-refractivity contribution in [1.82, 2.24) is 25.1 Å². The molecular formula is C24H18ClN5O2. The molecule has 0 radical (unpaired) electrons. The normalized spacial score (nSPS) is 11.2. The van der Waals surface area contributed by atoms with E-state index in [0.29, 0.717) is 39.4 Å². The van der Waals surface area contributed by atoms with Gasteiger partial charge < -0.3 is 5.32 Å². The summed E-state index contributed by atoms with van der Waals surface area (Å²) in [6.07, 6.45) is 0. The van der Waals surface area contributed by atoms with Gasteiger partial charge in [-0.15, -0.1) is 0 Å². The summed E-state index contributed by atoms with van der Waals surface area (Å²) in [5.74, 6) is -0.261. The molecule has 2 aromatic heterocycles. The Morgan fingerprint density at radius 1 is 1.09 bits per heavy atom. The summed E-state index contributed by atoms with van der Waals surface area (Å²) in [5.41, 5.74) is 4.38. The van der Waals surface area contributed by atoms with Crippen LogP contribution in [0.25, 0.3) is 27.8 Å². The van der Waals surface area contributed by atoms with Crippen LogP contribution in [0, 0.1) is 6.92 Å². The fourth-order valence-corrected chi connectivity index (χ4v) is 3.90. The van der Waals surface area contributed by atoms with E-state index in [2.05, 4.69) is 20.6 Å². The van der Waals surface area contributed by atoms with E-state index in [1.807, 2.05) is 43.3 Å². The van der Waals surface area contributed by atoms with Gasteiger partial charge in [-0.25, -0.2) is 9.73 Å². The third-order valence-corrected chi connectivity index (χ3v) is 5.49. The Labute approximate surface area is 187 Å². The Morgan fingerprint density at radius 3 is 2.75 bits per heavy atom. The third-order valence-electron chi connectivity index (χ3n) is 5.26. The van der Waals surface area contributed by atoms with Gasteiger partial charge in [-0.1, -0.05) is 47.5 Å². The van der Waals surface area contributed by atoms with Crippen LogP contribution in [0.4, 0.5) is 0 Å². The van der Waals surface area contributed by atoms with E-state index < -0.39 is 0 Å². The maximum Gasteiger partial charge on any atom is 0.281 e. The first-order chi connectivity index (χ1) is 15.5. The molecule has 2 N–H and O–H groups in total. The molecule has 1 amide bonds. The number of aromatic nitrogens is 4. The van der Waals surface area contributed by atoms with Gasteiger partial charge in [-0.3, -0.25) is 9.59 Å². The van der Waals surface area contributed by atoms with Crippen LogP contribution in [0.1, 0.15) is 21.5 Å². The van der Waals surface area contributed by atoms with Gasteiger partial charge in [0.05, 0.1) is 10.9 Å². The largest absolute Gasteiger partial charge is 0.348 e. The van der Waals surface area contributed by atoms with Crippen LogP contribution in [0.3, 0.4) is 0 Å². The van der Waals surface area contributed by atoms with Gasteiger partial charge in [0.2, 0.25) is 0 Å². The van der Waals surface area contributed by atoms with Crippen molar-refractivity contribution in [3.05, 3.63) is 98.8 Å². The number of carbonyl (C=O) groups excluding carboxylic acids is 1. The molecule has 3 aromatic carbocycles. The molecule has 32 heavy (non-hydrogen) atoms. The monoisotopic (exact) mass is 443 g/mol. The quantitative estimate of drug-likeness (QED) is 0.437. The summed E-state index contributed by atoms with van der Waals surface area (Å²) < 4.78 is 1.63. The lowest BCUT2D eigenvalue weighted by atomic mass is 10.1. The van der Waals surface area contributed by atoms with E-state index in [9.17, 15) is 9.59 Å². The molecule has 0 bridgehead atoms. The van der Waals surface area contributed by atoms with Crippen molar-refractivity contribution >= 4 is 34.1 Å². The summed E-state index contributed by atoms with van der Waals surface area (Å²) in [4.78, 5) is 29.7. The number of aromatic amines is 1. The van der Waals surface area contributed by atoms with Crippen LogP contribution in [-0.4, -0.2) is 25.7 Å². The van der Waals surface area contributed by atoms with Crippen LogP contribution in [0.15, 0.2) is 71.5 Å². The number of halogens is 1. The van der Waals surface area contributed by atoms with Gasteiger partial charge in [-0.2, -0.15) is 10.1 Å². The van der Waals surface area contributed by atoms with Crippen LogP contribution < -0.4 is 10.9 Å². The molecule has 158 valence electrons. The van der Waals surface area contributed by atoms with Crippen molar-refractivity contribution in [3.63, 3.8) is 0 Å². The summed E-state index contributed by atoms with van der Waals surface area (Å²) in [5, 5.41) is 11.2. The maximum absolute atomic E-state index is 12.8. The van der Waals surface area contributed by atoms with Crippen molar-refractivity contribution < 1.29 is 4.79 Å². The SMILES string of the molecule is Cc1cccc(-c2n[nH]n3c2nc(=O)c2ccc(C(=O)NCc4cccc(Cl)c4)cc23)c1. The highest BCUT2D eigenvalue weighted by molar-refractivity contribution is 6.30. The fraction of sp³-hybridized carbons (Fsp3) is 0.0833. The first kappa shape index (κ1) is 20.0. The average Bonchev–Trinajstić information content (AvgIpc) is 3.21. The Bertz CT molecular complexity index is 1550. The second kappa shape index (κ2) is 7.94. The number of nitrogens with zero attached hydrogens (tertiary/aromatic N) is 3. The molecule has 5 rings (SSSR count). The molecular weight excluding hydrogens is 426 g/mol. The van der Waals surface area contributed by atoms with Gasteiger partial charge in [0.25, 0.3) is 11.5 Å². The van der Waals surface area contributed by atoms with Crippen molar-refractivity contribution in [2.24, 2.45) is 0 Å². The van der Waals surface area contributed by atoms with Gasteiger partial charge in [0.1, 0.15) is 5.69 Å². The second-order valence-electron chi connectivity index (χ2n) is 7.55. The highest BCUT2D eigenvalue weighted by Crippen LogP contribution is 2.23. The number of nitrogens with one attached hydrogen (secondary N) is 2. The Morgan fingerprint density at radius 2 is 1.94 bits per heavy atom. The minimum absolute atomic E-state index is 0.261. The number of benzene rings is 3. The van der Waals surface area contributed by atoms with Gasteiger partial charge in [-0.05, 0) is 48.9 Å². The maximum atomic E-state index is 12.8.